The van der Waals surface area contributed by atoms with Gasteiger partial charge < -0.3 is 9.84 Å². The predicted octanol–water partition coefficient (Wildman–Crippen LogP) is 1.28. The van der Waals surface area contributed by atoms with Gasteiger partial charge >= 0.3 is 5.97 Å². The Morgan fingerprint density at radius 2 is 2.18 bits per heavy atom. The Hall–Kier alpha value is -0.570. The maximum Gasteiger partial charge on any atom is 0.312 e. The molecule has 0 aliphatic heterocycles. The summed E-state index contributed by atoms with van der Waals surface area (Å²) in [7, 11) is 1.56. The molecule has 1 rings (SSSR count). The normalized spacial score (nSPS) is 23.8. The summed E-state index contributed by atoms with van der Waals surface area (Å²) < 4.78 is 5.04. The van der Waals surface area contributed by atoms with Gasteiger partial charge in [0, 0.05) is 7.11 Å². The SMILES string of the molecule is COC(C)C1(C(=O)O)CCC1. The van der Waals surface area contributed by atoms with Crippen molar-refractivity contribution in [3.05, 3.63) is 0 Å². The first kappa shape index (κ1) is 8.53. The molecule has 0 aromatic carbocycles. The number of carbonyl (C=O) groups is 1. The fourth-order valence-electron chi connectivity index (χ4n) is 1.58. The van der Waals surface area contributed by atoms with Crippen LogP contribution in [-0.4, -0.2) is 24.3 Å². The number of aliphatic carboxylic acids is 1. The Labute approximate surface area is 66.4 Å². The maximum absolute atomic E-state index is 10.8. The van der Waals surface area contributed by atoms with E-state index >= 15 is 0 Å². The number of hydrogen-bond donors (Lipinski definition) is 1. The van der Waals surface area contributed by atoms with Gasteiger partial charge in [0.1, 0.15) is 0 Å². The number of carboxylic acids is 1. The van der Waals surface area contributed by atoms with E-state index in [2.05, 4.69) is 0 Å². The van der Waals surface area contributed by atoms with Gasteiger partial charge in [0.15, 0.2) is 0 Å². The third kappa shape index (κ3) is 1.13. The fraction of sp³-hybridized carbons (Fsp3) is 0.875. The number of ether oxygens (including phenoxy) is 1. The monoisotopic (exact) mass is 158 g/mol. The molecule has 0 radical (unpaired) electrons. The Balaban J connectivity index is 2.67. The molecule has 3 nitrogen and oxygen atoms in total. The molecule has 1 saturated carbocycles. The minimum Gasteiger partial charge on any atom is -0.481 e. The highest BCUT2D eigenvalue weighted by atomic mass is 16.5. The van der Waals surface area contributed by atoms with E-state index in [0.717, 1.165) is 19.3 Å². The number of rotatable bonds is 3. The lowest BCUT2D eigenvalue weighted by molar-refractivity contribution is -0.166. The molecule has 0 aromatic rings. The second-order valence-corrected chi connectivity index (χ2v) is 3.19. The molecule has 0 saturated heterocycles. The maximum atomic E-state index is 10.8. The zero-order valence-corrected chi connectivity index (χ0v) is 6.96. The molecular formula is C8H14O3. The summed E-state index contributed by atoms with van der Waals surface area (Å²) in [5.74, 6) is -0.710. The van der Waals surface area contributed by atoms with Crippen molar-refractivity contribution >= 4 is 5.97 Å². The van der Waals surface area contributed by atoms with Gasteiger partial charge in [-0.05, 0) is 19.8 Å². The third-order valence-corrected chi connectivity index (χ3v) is 2.80. The van der Waals surface area contributed by atoms with Gasteiger partial charge in [-0.1, -0.05) is 6.42 Å². The lowest BCUT2D eigenvalue weighted by Gasteiger charge is -2.41. The zero-order valence-electron chi connectivity index (χ0n) is 6.96. The lowest BCUT2D eigenvalue weighted by Crippen LogP contribution is -2.47. The predicted molar refractivity (Wildman–Crippen MR) is 40.4 cm³/mol. The molecule has 3 heteroatoms. The highest BCUT2D eigenvalue weighted by Crippen LogP contribution is 2.45. The Bertz CT molecular complexity index is 161. The van der Waals surface area contributed by atoms with Crippen LogP contribution < -0.4 is 0 Å². The van der Waals surface area contributed by atoms with Crippen LogP contribution in [0, 0.1) is 5.41 Å². The lowest BCUT2D eigenvalue weighted by atomic mass is 9.65. The van der Waals surface area contributed by atoms with E-state index in [-0.39, 0.29) is 6.10 Å². The second-order valence-electron chi connectivity index (χ2n) is 3.19. The molecule has 0 spiro atoms. The fourth-order valence-corrected chi connectivity index (χ4v) is 1.58. The van der Waals surface area contributed by atoms with Crippen LogP contribution in [-0.2, 0) is 9.53 Å². The average Bonchev–Trinajstić information content (AvgIpc) is 1.84. The molecule has 0 amide bonds. The van der Waals surface area contributed by atoms with Crippen LogP contribution in [0.25, 0.3) is 0 Å². The van der Waals surface area contributed by atoms with Crippen molar-refractivity contribution < 1.29 is 14.6 Å². The molecule has 1 N–H and O–H groups in total. The van der Waals surface area contributed by atoms with Crippen LogP contribution in [0.2, 0.25) is 0 Å². The molecule has 1 aliphatic carbocycles. The largest absolute Gasteiger partial charge is 0.481 e. The number of hydrogen-bond acceptors (Lipinski definition) is 2. The second kappa shape index (κ2) is 2.81. The van der Waals surface area contributed by atoms with Crippen molar-refractivity contribution in [3.63, 3.8) is 0 Å². The van der Waals surface area contributed by atoms with Crippen LogP contribution in [0.3, 0.4) is 0 Å². The van der Waals surface area contributed by atoms with E-state index in [0.29, 0.717) is 0 Å². The number of methoxy groups -OCH3 is 1. The number of carboxylic acid groups (broad SMARTS) is 1. The van der Waals surface area contributed by atoms with Crippen molar-refractivity contribution in [1.29, 1.82) is 0 Å². The summed E-state index contributed by atoms with van der Waals surface area (Å²) in [5, 5.41) is 8.91. The molecule has 1 unspecified atom stereocenters. The zero-order chi connectivity index (χ0) is 8.48. The minimum atomic E-state index is -0.710. The van der Waals surface area contributed by atoms with Gasteiger partial charge in [-0.2, -0.15) is 0 Å². The van der Waals surface area contributed by atoms with Gasteiger partial charge in [-0.25, -0.2) is 0 Å². The Morgan fingerprint density at radius 1 is 1.64 bits per heavy atom. The first-order chi connectivity index (χ1) is 5.13. The highest BCUT2D eigenvalue weighted by Gasteiger charge is 2.49. The summed E-state index contributed by atoms with van der Waals surface area (Å²) in [5.41, 5.74) is -0.575. The Kier molecular flexibility index (Phi) is 2.18. The van der Waals surface area contributed by atoms with Crippen molar-refractivity contribution in [2.75, 3.05) is 7.11 Å². The minimum absolute atomic E-state index is 0.159. The van der Waals surface area contributed by atoms with Crippen LogP contribution in [0.5, 0.6) is 0 Å². The van der Waals surface area contributed by atoms with E-state index in [1.165, 1.54) is 0 Å². The third-order valence-electron chi connectivity index (χ3n) is 2.80. The first-order valence-electron chi connectivity index (χ1n) is 3.89. The van der Waals surface area contributed by atoms with E-state index < -0.39 is 11.4 Å². The first-order valence-corrected chi connectivity index (χ1v) is 3.89. The van der Waals surface area contributed by atoms with E-state index in [1.54, 1.807) is 7.11 Å². The standard InChI is InChI=1S/C8H14O3/c1-6(11-2)8(7(9)10)4-3-5-8/h6H,3-5H2,1-2H3,(H,9,10). The molecule has 1 aliphatic rings. The van der Waals surface area contributed by atoms with Crippen molar-refractivity contribution in [2.24, 2.45) is 5.41 Å². The molecule has 0 aromatic heterocycles. The smallest absolute Gasteiger partial charge is 0.312 e. The van der Waals surface area contributed by atoms with Crippen LogP contribution in [0.1, 0.15) is 26.2 Å². The summed E-state index contributed by atoms with van der Waals surface area (Å²) in [6.07, 6.45) is 2.38. The quantitative estimate of drug-likeness (QED) is 0.673. The van der Waals surface area contributed by atoms with Crippen LogP contribution in [0.4, 0.5) is 0 Å². The molecule has 64 valence electrons. The Morgan fingerprint density at radius 3 is 2.27 bits per heavy atom. The van der Waals surface area contributed by atoms with Crippen molar-refractivity contribution in [1.82, 2.24) is 0 Å². The van der Waals surface area contributed by atoms with Crippen LogP contribution in [0.15, 0.2) is 0 Å². The molecule has 0 bridgehead atoms. The van der Waals surface area contributed by atoms with Gasteiger partial charge in [0.05, 0.1) is 11.5 Å². The topological polar surface area (TPSA) is 46.5 Å². The summed E-state index contributed by atoms with van der Waals surface area (Å²) >= 11 is 0. The molecule has 11 heavy (non-hydrogen) atoms. The van der Waals surface area contributed by atoms with E-state index in [4.69, 9.17) is 9.84 Å². The van der Waals surface area contributed by atoms with E-state index in [9.17, 15) is 4.79 Å². The van der Waals surface area contributed by atoms with Crippen LogP contribution >= 0.6 is 0 Å². The molecule has 1 fully saturated rings. The highest BCUT2D eigenvalue weighted by molar-refractivity contribution is 5.76. The van der Waals surface area contributed by atoms with Gasteiger partial charge in [0.2, 0.25) is 0 Å². The average molecular weight is 158 g/mol. The van der Waals surface area contributed by atoms with Gasteiger partial charge in [0.25, 0.3) is 0 Å². The van der Waals surface area contributed by atoms with Gasteiger partial charge in [-0.3, -0.25) is 4.79 Å². The summed E-state index contributed by atoms with van der Waals surface area (Å²) in [4.78, 5) is 10.8. The molecule has 0 heterocycles. The summed E-state index contributed by atoms with van der Waals surface area (Å²) in [6, 6.07) is 0. The molecular weight excluding hydrogens is 144 g/mol. The van der Waals surface area contributed by atoms with E-state index in [1.807, 2.05) is 6.92 Å². The summed E-state index contributed by atoms with van der Waals surface area (Å²) in [6.45, 7) is 1.83. The van der Waals surface area contributed by atoms with Crippen molar-refractivity contribution in [2.45, 2.75) is 32.3 Å². The van der Waals surface area contributed by atoms with Crippen molar-refractivity contribution in [3.8, 4) is 0 Å². The van der Waals surface area contributed by atoms with Gasteiger partial charge in [-0.15, -0.1) is 0 Å². The molecule has 1 atom stereocenters.